The third-order valence-corrected chi connectivity index (χ3v) is 4.27. The van der Waals surface area contributed by atoms with Crippen LogP contribution in [-0.4, -0.2) is 17.4 Å². The number of rotatable bonds is 3. The van der Waals surface area contributed by atoms with E-state index in [0.29, 0.717) is 18.4 Å². The average Bonchev–Trinajstić information content (AvgIpc) is 2.79. The van der Waals surface area contributed by atoms with E-state index >= 15 is 0 Å². The fourth-order valence-electron chi connectivity index (χ4n) is 2.59. The van der Waals surface area contributed by atoms with Crippen molar-refractivity contribution >= 4 is 17.8 Å². The molecule has 96 valence electrons. The molecule has 2 rings (SSSR count). The lowest BCUT2D eigenvalue weighted by Gasteiger charge is -2.24. The molecule has 18 heavy (non-hydrogen) atoms. The lowest BCUT2D eigenvalue weighted by Crippen LogP contribution is -2.21. The van der Waals surface area contributed by atoms with Crippen LogP contribution in [0.1, 0.15) is 31.2 Å². The van der Waals surface area contributed by atoms with E-state index in [4.69, 9.17) is 0 Å². The van der Waals surface area contributed by atoms with E-state index in [9.17, 15) is 14.3 Å². The van der Waals surface area contributed by atoms with Crippen molar-refractivity contribution in [2.75, 3.05) is 6.26 Å². The Morgan fingerprint density at radius 1 is 1.44 bits per heavy atom. The molecule has 0 aliphatic heterocycles. The summed E-state index contributed by atoms with van der Waals surface area (Å²) in [4.78, 5) is 14.7. The van der Waals surface area contributed by atoms with Crippen molar-refractivity contribution in [3.8, 4) is 5.75 Å². The number of benzene rings is 1. The molecule has 1 N–H and O–H groups in total. The monoisotopic (exact) mass is 267 g/mol. The number of thioether (sulfide) groups is 1. The van der Waals surface area contributed by atoms with Gasteiger partial charge in [-0.25, -0.2) is 9.18 Å². The van der Waals surface area contributed by atoms with E-state index in [1.165, 1.54) is 12.1 Å². The molecule has 0 spiro atoms. The summed E-state index contributed by atoms with van der Waals surface area (Å²) in [5.74, 6) is -0.546. The molecular formula is C13H14FNO2S. The fraction of sp³-hybridized carbons (Fsp3) is 0.462. The Kier molecular flexibility index (Phi) is 3.73. The summed E-state index contributed by atoms with van der Waals surface area (Å²) in [6.45, 7) is 0. The first-order valence-corrected chi connectivity index (χ1v) is 7.02. The molecule has 1 aromatic carbocycles. The molecule has 0 unspecified atom stereocenters. The van der Waals surface area contributed by atoms with Crippen LogP contribution < -0.4 is 0 Å². The second kappa shape index (κ2) is 5.12. The van der Waals surface area contributed by atoms with Crippen molar-refractivity contribution in [3.05, 3.63) is 23.5 Å². The van der Waals surface area contributed by atoms with Gasteiger partial charge < -0.3 is 5.11 Å². The number of isocyanates is 1. The molecule has 0 amide bonds. The van der Waals surface area contributed by atoms with Gasteiger partial charge in [0.1, 0.15) is 17.1 Å². The van der Waals surface area contributed by atoms with Gasteiger partial charge in [-0.3, -0.25) is 0 Å². The number of aromatic hydroxyl groups is 1. The topological polar surface area (TPSA) is 49.7 Å². The molecule has 0 atom stereocenters. The van der Waals surface area contributed by atoms with Crippen molar-refractivity contribution in [3.63, 3.8) is 0 Å². The Labute approximate surface area is 109 Å². The minimum Gasteiger partial charge on any atom is -0.507 e. The van der Waals surface area contributed by atoms with E-state index in [1.54, 1.807) is 12.3 Å². The van der Waals surface area contributed by atoms with Crippen molar-refractivity contribution < 1.29 is 14.3 Å². The molecule has 0 radical (unpaired) electrons. The van der Waals surface area contributed by atoms with Gasteiger partial charge in [0.2, 0.25) is 6.08 Å². The molecule has 1 aliphatic rings. The van der Waals surface area contributed by atoms with E-state index in [-0.39, 0.29) is 10.6 Å². The first-order chi connectivity index (χ1) is 8.64. The van der Waals surface area contributed by atoms with Gasteiger partial charge in [0.15, 0.2) is 0 Å². The van der Waals surface area contributed by atoms with E-state index in [0.717, 1.165) is 24.6 Å². The van der Waals surface area contributed by atoms with Crippen LogP contribution in [0.15, 0.2) is 22.0 Å². The third kappa shape index (κ3) is 2.04. The molecule has 0 heterocycles. The minimum atomic E-state index is -0.788. The molecule has 0 aromatic heterocycles. The van der Waals surface area contributed by atoms with E-state index in [1.807, 2.05) is 0 Å². The molecule has 0 bridgehead atoms. The quantitative estimate of drug-likeness (QED) is 0.519. The van der Waals surface area contributed by atoms with Crippen LogP contribution in [0.2, 0.25) is 0 Å². The number of phenolic OH excluding ortho intramolecular Hbond substituents is 1. The zero-order chi connectivity index (χ0) is 13.2. The second-order valence-corrected chi connectivity index (χ2v) is 5.24. The van der Waals surface area contributed by atoms with Crippen LogP contribution in [0, 0.1) is 5.82 Å². The van der Waals surface area contributed by atoms with Crippen LogP contribution in [0.4, 0.5) is 4.39 Å². The highest BCUT2D eigenvalue weighted by Crippen LogP contribution is 2.45. The standard InChI is InChI=1S/C13H14FNO2S/c1-18-12-10(17)5-4-9(11(12)14)13(15-8-16)6-2-3-7-13/h4-5,17H,2-3,6-7H2,1H3. The number of halogens is 1. The molecular weight excluding hydrogens is 253 g/mol. The van der Waals surface area contributed by atoms with Crippen LogP contribution in [0.5, 0.6) is 5.75 Å². The zero-order valence-corrected chi connectivity index (χ0v) is 10.9. The summed E-state index contributed by atoms with van der Waals surface area (Å²) in [7, 11) is 0. The summed E-state index contributed by atoms with van der Waals surface area (Å²) >= 11 is 1.15. The number of phenols is 1. The van der Waals surface area contributed by atoms with Gasteiger partial charge in [-0.15, -0.1) is 11.8 Å². The Hall–Kier alpha value is -1.32. The van der Waals surface area contributed by atoms with E-state index in [2.05, 4.69) is 4.99 Å². The van der Waals surface area contributed by atoms with Crippen molar-refractivity contribution in [1.29, 1.82) is 0 Å². The van der Waals surface area contributed by atoms with Crippen LogP contribution in [-0.2, 0) is 10.3 Å². The Balaban J connectivity index is 2.59. The highest BCUT2D eigenvalue weighted by molar-refractivity contribution is 7.98. The lowest BCUT2D eigenvalue weighted by molar-refractivity contribution is 0.410. The number of hydrogen-bond acceptors (Lipinski definition) is 4. The molecule has 1 aliphatic carbocycles. The predicted molar refractivity (Wildman–Crippen MR) is 68.1 cm³/mol. The summed E-state index contributed by atoms with van der Waals surface area (Å²) in [6, 6.07) is 2.99. The maximum Gasteiger partial charge on any atom is 0.235 e. The third-order valence-electron chi connectivity index (χ3n) is 3.47. The van der Waals surface area contributed by atoms with E-state index < -0.39 is 11.4 Å². The largest absolute Gasteiger partial charge is 0.507 e. The summed E-state index contributed by atoms with van der Waals surface area (Å²) < 4.78 is 14.4. The predicted octanol–water partition coefficient (Wildman–Crippen LogP) is 3.36. The maximum atomic E-state index is 14.4. The van der Waals surface area contributed by atoms with Gasteiger partial charge in [-0.2, -0.15) is 4.99 Å². The van der Waals surface area contributed by atoms with Gasteiger partial charge in [0, 0.05) is 5.56 Å². The summed E-state index contributed by atoms with van der Waals surface area (Å²) in [6.07, 6.45) is 6.40. The molecule has 1 saturated carbocycles. The molecule has 3 nitrogen and oxygen atoms in total. The lowest BCUT2D eigenvalue weighted by atomic mass is 9.88. The molecule has 1 aromatic rings. The first-order valence-electron chi connectivity index (χ1n) is 5.79. The number of aliphatic imine (C=N–C) groups is 1. The van der Waals surface area contributed by atoms with Crippen molar-refractivity contribution in [2.24, 2.45) is 4.99 Å². The SMILES string of the molecule is CSc1c(O)ccc(C2(N=C=O)CCCC2)c1F. The first kappa shape index (κ1) is 13.1. The summed E-state index contributed by atoms with van der Waals surface area (Å²) in [5, 5.41) is 9.60. The smallest absolute Gasteiger partial charge is 0.235 e. The average molecular weight is 267 g/mol. The summed E-state index contributed by atoms with van der Waals surface area (Å²) in [5.41, 5.74) is -0.394. The Bertz CT molecular complexity index is 506. The van der Waals surface area contributed by atoms with Gasteiger partial charge >= 0.3 is 0 Å². The van der Waals surface area contributed by atoms with Crippen LogP contribution >= 0.6 is 11.8 Å². The number of hydrogen-bond donors (Lipinski definition) is 1. The minimum absolute atomic E-state index is 0.0769. The van der Waals surface area contributed by atoms with Crippen molar-refractivity contribution in [1.82, 2.24) is 0 Å². The highest BCUT2D eigenvalue weighted by atomic mass is 32.2. The molecule has 5 heteroatoms. The molecule has 0 saturated heterocycles. The highest BCUT2D eigenvalue weighted by Gasteiger charge is 2.38. The number of nitrogens with zero attached hydrogens (tertiary/aromatic N) is 1. The number of carbonyl (C=O) groups excluding carboxylic acids is 1. The van der Waals surface area contributed by atoms with Crippen molar-refractivity contribution in [2.45, 2.75) is 36.1 Å². The molecule has 1 fully saturated rings. The van der Waals surface area contributed by atoms with Gasteiger partial charge in [0.25, 0.3) is 0 Å². The van der Waals surface area contributed by atoms with Gasteiger partial charge in [-0.05, 0) is 31.2 Å². The van der Waals surface area contributed by atoms with Crippen LogP contribution in [0.25, 0.3) is 0 Å². The second-order valence-electron chi connectivity index (χ2n) is 4.42. The Morgan fingerprint density at radius 2 is 2.11 bits per heavy atom. The fourth-order valence-corrected chi connectivity index (χ4v) is 3.15. The normalized spacial score (nSPS) is 17.4. The van der Waals surface area contributed by atoms with Gasteiger partial charge in [0.05, 0.1) is 4.90 Å². The van der Waals surface area contributed by atoms with Gasteiger partial charge in [-0.1, -0.05) is 12.8 Å². The maximum absolute atomic E-state index is 14.4. The zero-order valence-electron chi connectivity index (χ0n) is 10.1. The van der Waals surface area contributed by atoms with Crippen LogP contribution in [0.3, 0.4) is 0 Å². The Morgan fingerprint density at radius 3 is 2.67 bits per heavy atom.